The van der Waals surface area contributed by atoms with Crippen molar-refractivity contribution in [1.29, 1.82) is 0 Å². The lowest BCUT2D eigenvalue weighted by Gasteiger charge is -2.36. The highest BCUT2D eigenvalue weighted by Crippen LogP contribution is 2.35. The van der Waals surface area contributed by atoms with Gasteiger partial charge in [-0.15, -0.1) is 0 Å². The Labute approximate surface area is 207 Å². The Morgan fingerprint density at radius 2 is 1.81 bits per heavy atom. The molecule has 1 aliphatic rings. The van der Waals surface area contributed by atoms with E-state index in [0.29, 0.717) is 17.7 Å². The number of rotatable bonds is 7. The molecule has 0 aliphatic carbocycles. The maximum Gasteiger partial charge on any atom is 0.332 e. The summed E-state index contributed by atoms with van der Waals surface area (Å²) in [6, 6.07) is 5.97. The normalized spacial score (nSPS) is 16.2. The highest BCUT2D eigenvalue weighted by atomic mass is 19.1. The van der Waals surface area contributed by atoms with E-state index < -0.39 is 47.0 Å². The van der Waals surface area contributed by atoms with E-state index >= 15 is 0 Å². The Kier molecular flexibility index (Phi) is 7.98. The molecule has 8 nitrogen and oxygen atoms in total. The Balaban J connectivity index is 1.94. The minimum Gasteiger partial charge on any atom is -0.497 e. The molecule has 1 aliphatic heterocycles. The van der Waals surface area contributed by atoms with Gasteiger partial charge in [-0.2, -0.15) is 0 Å². The monoisotopic (exact) mass is 504 g/mol. The van der Waals surface area contributed by atoms with Crippen molar-refractivity contribution in [3.05, 3.63) is 58.7 Å². The average Bonchev–Trinajstić information content (AvgIpc) is 2.79. The number of anilines is 1. The number of ether oxygens (including phenoxy) is 1. The van der Waals surface area contributed by atoms with Gasteiger partial charge in [0, 0.05) is 24.2 Å². The number of halogens is 2. The third-order valence-electron chi connectivity index (χ3n) is 6.12. The van der Waals surface area contributed by atoms with Crippen LogP contribution in [0.4, 0.5) is 14.5 Å². The molecule has 36 heavy (non-hydrogen) atoms. The number of aliphatic carboxylic acids is 1. The van der Waals surface area contributed by atoms with Crippen molar-refractivity contribution in [2.75, 3.05) is 19.0 Å². The van der Waals surface area contributed by atoms with Crippen LogP contribution >= 0.6 is 0 Å². The summed E-state index contributed by atoms with van der Waals surface area (Å²) in [4.78, 5) is 38.6. The zero-order valence-corrected chi connectivity index (χ0v) is 20.6. The fourth-order valence-electron chi connectivity index (χ4n) is 4.38. The molecule has 194 valence electrons. The predicted octanol–water partition coefficient (Wildman–Crippen LogP) is 3.56. The molecule has 2 aromatic rings. The Bertz CT molecular complexity index is 1150. The van der Waals surface area contributed by atoms with Crippen LogP contribution in [0.2, 0.25) is 0 Å². The number of benzene rings is 2. The number of carbonyl (C=O) groups is 3. The number of amides is 2. The van der Waals surface area contributed by atoms with Crippen molar-refractivity contribution in [3.63, 3.8) is 0 Å². The topological polar surface area (TPSA) is 116 Å². The average molecular weight is 505 g/mol. The van der Waals surface area contributed by atoms with Crippen LogP contribution in [-0.4, -0.2) is 52.7 Å². The first kappa shape index (κ1) is 27.1. The van der Waals surface area contributed by atoms with Crippen LogP contribution < -0.4 is 10.1 Å². The molecule has 0 spiro atoms. The number of aliphatic hydroxyl groups is 1. The van der Waals surface area contributed by atoms with Gasteiger partial charge in [0.15, 0.2) is 6.10 Å². The van der Waals surface area contributed by atoms with Crippen molar-refractivity contribution in [2.24, 2.45) is 0 Å². The summed E-state index contributed by atoms with van der Waals surface area (Å²) < 4.78 is 34.7. The number of carboxylic acids is 1. The number of hydrogen-bond donors (Lipinski definition) is 3. The van der Waals surface area contributed by atoms with E-state index in [2.05, 4.69) is 5.32 Å². The Morgan fingerprint density at radius 3 is 2.36 bits per heavy atom. The van der Waals surface area contributed by atoms with Crippen LogP contribution in [0.25, 0.3) is 0 Å². The number of carboxylic acid groups (broad SMARTS) is 1. The molecule has 2 atom stereocenters. The fraction of sp³-hybridized carbons (Fsp3) is 0.423. The molecular formula is C26H30F2N2O6. The second-order valence-corrected chi connectivity index (χ2v) is 9.75. The molecule has 0 saturated carbocycles. The van der Waals surface area contributed by atoms with Gasteiger partial charge in [-0.05, 0) is 53.6 Å². The van der Waals surface area contributed by atoms with Crippen molar-refractivity contribution >= 4 is 23.5 Å². The highest BCUT2D eigenvalue weighted by Gasteiger charge is 2.36. The minimum atomic E-state index is -1.71. The number of fused-ring (bicyclic) bond motifs is 1. The van der Waals surface area contributed by atoms with Crippen LogP contribution in [0.15, 0.2) is 30.3 Å². The lowest BCUT2D eigenvalue weighted by atomic mass is 9.86. The van der Waals surface area contributed by atoms with Gasteiger partial charge in [-0.25, -0.2) is 13.6 Å². The van der Waals surface area contributed by atoms with Gasteiger partial charge in [0.05, 0.1) is 7.11 Å². The molecular weight excluding hydrogens is 474 g/mol. The summed E-state index contributed by atoms with van der Waals surface area (Å²) in [6.45, 7) is 5.16. The van der Waals surface area contributed by atoms with Gasteiger partial charge in [0.2, 0.25) is 5.91 Å². The maximum atomic E-state index is 14.7. The van der Waals surface area contributed by atoms with E-state index in [1.54, 1.807) is 39.0 Å². The predicted molar refractivity (Wildman–Crippen MR) is 128 cm³/mol. The second kappa shape index (κ2) is 10.6. The zero-order chi connectivity index (χ0) is 26.8. The van der Waals surface area contributed by atoms with Gasteiger partial charge in [-0.1, -0.05) is 26.8 Å². The summed E-state index contributed by atoms with van der Waals surface area (Å²) in [5, 5.41) is 21.0. The smallest absolute Gasteiger partial charge is 0.332 e. The SMILES string of the molecule is COc1ccc2c(c1)CCN(C(=O)CC[C@H](O)C(=O)O)[C@H]2C(=O)Nc1cc(F)c(C(C)(C)C)c(F)c1. The van der Waals surface area contributed by atoms with Gasteiger partial charge in [-0.3, -0.25) is 9.59 Å². The molecule has 3 N–H and O–H groups in total. The third-order valence-corrected chi connectivity index (χ3v) is 6.12. The Morgan fingerprint density at radius 1 is 1.17 bits per heavy atom. The van der Waals surface area contributed by atoms with Gasteiger partial charge < -0.3 is 25.2 Å². The number of nitrogens with one attached hydrogen (secondary N) is 1. The number of methoxy groups -OCH3 is 1. The van der Waals surface area contributed by atoms with E-state index in [1.165, 1.54) is 12.0 Å². The summed E-state index contributed by atoms with van der Waals surface area (Å²) in [6.07, 6.45) is -1.92. The maximum absolute atomic E-state index is 14.7. The molecule has 2 aromatic carbocycles. The molecule has 0 bridgehead atoms. The van der Waals surface area contributed by atoms with Gasteiger partial charge in [0.1, 0.15) is 23.4 Å². The van der Waals surface area contributed by atoms with Crippen molar-refractivity contribution in [2.45, 2.75) is 57.6 Å². The number of carbonyl (C=O) groups excluding carboxylic acids is 2. The first-order valence-electron chi connectivity index (χ1n) is 11.5. The van der Waals surface area contributed by atoms with Crippen molar-refractivity contribution in [1.82, 2.24) is 4.90 Å². The molecule has 0 fully saturated rings. The minimum absolute atomic E-state index is 0.0997. The third kappa shape index (κ3) is 5.81. The molecule has 1 heterocycles. The number of nitrogens with zero attached hydrogens (tertiary/aromatic N) is 1. The van der Waals surface area contributed by atoms with E-state index in [-0.39, 0.29) is 30.6 Å². The number of aliphatic hydroxyl groups excluding tert-OH is 1. The van der Waals surface area contributed by atoms with Crippen LogP contribution in [0.5, 0.6) is 5.75 Å². The standard InChI is InChI=1S/C26H30F2N2O6/c1-26(2,3)22-18(27)12-15(13-19(22)28)29-24(33)23-17-6-5-16(36-4)11-14(17)9-10-30(23)21(32)8-7-20(31)25(34)35/h5-6,11-13,20,23,31H,7-10H2,1-4H3,(H,29,33)(H,34,35)/t20-,23+/m0/s1. The second-order valence-electron chi connectivity index (χ2n) is 9.75. The lowest BCUT2D eigenvalue weighted by Crippen LogP contribution is -2.45. The largest absolute Gasteiger partial charge is 0.497 e. The van der Waals surface area contributed by atoms with E-state index in [9.17, 15) is 28.3 Å². The van der Waals surface area contributed by atoms with Crippen LogP contribution in [0.1, 0.15) is 56.3 Å². The lowest BCUT2D eigenvalue weighted by molar-refractivity contribution is -0.148. The molecule has 2 amide bonds. The van der Waals surface area contributed by atoms with Crippen molar-refractivity contribution < 1.29 is 38.1 Å². The van der Waals surface area contributed by atoms with Crippen LogP contribution in [0.3, 0.4) is 0 Å². The summed E-state index contributed by atoms with van der Waals surface area (Å²) in [5.41, 5.74) is 0.284. The summed E-state index contributed by atoms with van der Waals surface area (Å²) in [5.74, 6) is -3.70. The van der Waals surface area contributed by atoms with Gasteiger partial charge in [0.25, 0.3) is 5.91 Å². The summed E-state index contributed by atoms with van der Waals surface area (Å²) in [7, 11) is 1.50. The van der Waals surface area contributed by atoms with Gasteiger partial charge >= 0.3 is 5.97 Å². The molecule has 0 radical (unpaired) electrons. The Hall–Kier alpha value is -3.53. The van der Waals surface area contributed by atoms with Crippen LogP contribution in [0, 0.1) is 11.6 Å². The molecule has 10 heteroatoms. The van der Waals surface area contributed by atoms with E-state index in [4.69, 9.17) is 9.84 Å². The summed E-state index contributed by atoms with van der Waals surface area (Å²) >= 11 is 0. The van der Waals surface area contributed by atoms with E-state index in [1.807, 2.05) is 0 Å². The molecule has 3 rings (SSSR count). The molecule has 0 aromatic heterocycles. The molecule has 0 saturated heterocycles. The quantitative estimate of drug-likeness (QED) is 0.531. The first-order chi connectivity index (χ1) is 16.8. The first-order valence-corrected chi connectivity index (χ1v) is 11.5. The zero-order valence-electron chi connectivity index (χ0n) is 20.6. The molecule has 0 unspecified atom stereocenters. The fourth-order valence-corrected chi connectivity index (χ4v) is 4.38. The highest BCUT2D eigenvalue weighted by molar-refractivity contribution is 5.98. The van der Waals surface area contributed by atoms with Crippen molar-refractivity contribution in [3.8, 4) is 5.75 Å². The van der Waals surface area contributed by atoms with Crippen LogP contribution in [-0.2, 0) is 26.2 Å². The van der Waals surface area contributed by atoms with E-state index in [0.717, 1.165) is 17.7 Å². The number of hydrogen-bond acceptors (Lipinski definition) is 5.